The van der Waals surface area contributed by atoms with Crippen LogP contribution in [0.15, 0.2) is 78.4 Å². The van der Waals surface area contributed by atoms with E-state index in [1.54, 1.807) is 0 Å². The number of piperazine rings is 1. The number of benzene rings is 3. The van der Waals surface area contributed by atoms with Crippen LogP contribution in [0.25, 0.3) is 4.91 Å². The topological polar surface area (TPSA) is 43.9 Å². The molecule has 0 N–H and O–H groups in total. The van der Waals surface area contributed by atoms with Crippen LogP contribution >= 0.6 is 23.2 Å². The lowest BCUT2D eigenvalue weighted by Gasteiger charge is -2.42. The molecule has 2 aliphatic rings. The summed E-state index contributed by atoms with van der Waals surface area (Å²) in [5.74, 6) is 0. The Morgan fingerprint density at radius 1 is 0.842 bits per heavy atom. The summed E-state index contributed by atoms with van der Waals surface area (Å²) in [5, 5.41) is 1.37. The van der Waals surface area contributed by atoms with Crippen LogP contribution in [0.1, 0.15) is 29.7 Å². The highest BCUT2D eigenvalue weighted by atomic mass is 35.5. The quantitative estimate of drug-likeness (QED) is 0.349. The molecule has 0 aromatic heterocycles. The molecule has 8 heteroatoms. The summed E-state index contributed by atoms with van der Waals surface area (Å²) in [6.07, 6.45) is 1.32. The Bertz CT molecular complexity index is 1360. The third-order valence-corrected chi connectivity index (χ3v) is 9.28. The molecule has 3 aromatic carbocycles. The molecule has 5 rings (SSSR count). The van der Waals surface area contributed by atoms with E-state index in [9.17, 15) is 8.42 Å². The Labute approximate surface area is 236 Å². The number of nitrogens with zero attached hydrogens (tertiary/aromatic N) is 3. The van der Waals surface area contributed by atoms with Crippen molar-refractivity contribution in [3.05, 3.63) is 105 Å². The van der Waals surface area contributed by atoms with Gasteiger partial charge in [-0.1, -0.05) is 66.5 Å². The first-order valence-corrected chi connectivity index (χ1v) is 15.6. The highest BCUT2D eigenvalue weighted by molar-refractivity contribution is 8.00. The minimum absolute atomic E-state index is 0.0321. The van der Waals surface area contributed by atoms with Gasteiger partial charge in [0.2, 0.25) is 0 Å². The fraction of sp³-hybridized carbons (Fsp3) is 0.333. The number of likely N-dealkylation sites (N-methyl/N-ethyl adjacent to an activating group) is 1. The highest BCUT2D eigenvalue weighted by Crippen LogP contribution is 2.39. The largest absolute Gasteiger partial charge is 0.369 e. The van der Waals surface area contributed by atoms with Gasteiger partial charge in [-0.2, -0.15) is 0 Å². The van der Waals surface area contributed by atoms with Gasteiger partial charge in [-0.15, -0.1) is 0 Å². The normalized spacial score (nSPS) is 17.1. The van der Waals surface area contributed by atoms with Crippen molar-refractivity contribution < 1.29 is 8.42 Å². The van der Waals surface area contributed by atoms with Crippen molar-refractivity contribution in [3.8, 4) is 0 Å². The van der Waals surface area contributed by atoms with Crippen LogP contribution < -0.4 is 4.90 Å². The van der Waals surface area contributed by atoms with Crippen molar-refractivity contribution in [3.63, 3.8) is 0 Å². The summed E-state index contributed by atoms with van der Waals surface area (Å²) in [6.45, 7) is 8.31. The van der Waals surface area contributed by atoms with E-state index >= 15 is 0 Å². The average molecular weight is 571 g/mol. The first kappa shape index (κ1) is 27.2. The van der Waals surface area contributed by atoms with Crippen LogP contribution in [-0.4, -0.2) is 70.3 Å². The third-order valence-electron chi connectivity index (χ3n) is 7.51. The molecule has 0 bridgehead atoms. The van der Waals surface area contributed by atoms with Gasteiger partial charge < -0.3 is 9.80 Å². The minimum Gasteiger partial charge on any atom is -0.369 e. The van der Waals surface area contributed by atoms with Gasteiger partial charge in [0, 0.05) is 61.3 Å². The number of likely N-dealkylation sites (tertiary alicyclic amines) is 1. The second-order valence-electron chi connectivity index (χ2n) is 10.1. The van der Waals surface area contributed by atoms with E-state index in [2.05, 4.69) is 27.7 Å². The lowest BCUT2D eigenvalue weighted by Crippen LogP contribution is -2.46. The smallest absolute Gasteiger partial charge is 0.176 e. The maximum atomic E-state index is 13.1. The van der Waals surface area contributed by atoms with Gasteiger partial charge in [-0.3, -0.25) is 4.90 Å². The van der Waals surface area contributed by atoms with Crippen molar-refractivity contribution >= 4 is 43.6 Å². The van der Waals surface area contributed by atoms with Gasteiger partial charge in [0.1, 0.15) is 0 Å². The molecule has 0 unspecified atom stereocenters. The van der Waals surface area contributed by atoms with E-state index < -0.39 is 9.84 Å². The molecule has 2 aliphatic heterocycles. The fourth-order valence-corrected chi connectivity index (χ4v) is 6.98. The highest BCUT2D eigenvalue weighted by Gasteiger charge is 2.34. The lowest BCUT2D eigenvalue weighted by atomic mass is 9.92. The van der Waals surface area contributed by atoms with Crippen LogP contribution in [0.2, 0.25) is 10.0 Å². The predicted molar refractivity (Wildman–Crippen MR) is 159 cm³/mol. The number of hydrogen-bond donors (Lipinski definition) is 0. The standard InChI is InChI=1S/C30H33Cl2N3O2S/c1-3-33-15-17-34(18-16-33)28-6-4-5-24(19-28)30(38(2,36)37)25-20-35(21-25)29(22-7-11-26(31)12-8-22)23-9-13-27(32)14-10-23/h4-14,19,29H,3,15-18,20-21H2,1-2H3. The maximum Gasteiger partial charge on any atom is 0.176 e. The van der Waals surface area contributed by atoms with Crippen molar-refractivity contribution in [2.45, 2.75) is 13.0 Å². The Kier molecular flexibility index (Phi) is 8.17. The van der Waals surface area contributed by atoms with E-state index in [0.717, 1.165) is 60.7 Å². The number of sulfone groups is 1. The molecule has 0 amide bonds. The van der Waals surface area contributed by atoms with Crippen molar-refractivity contribution in [1.29, 1.82) is 0 Å². The molecule has 0 saturated carbocycles. The summed E-state index contributed by atoms with van der Waals surface area (Å²) in [6, 6.07) is 23.7. The van der Waals surface area contributed by atoms with Crippen LogP contribution in [0.4, 0.5) is 5.69 Å². The Balaban J connectivity index is 1.45. The molecule has 2 heterocycles. The number of rotatable bonds is 7. The summed E-state index contributed by atoms with van der Waals surface area (Å²) in [7, 11) is -3.44. The zero-order chi connectivity index (χ0) is 26.9. The second-order valence-corrected chi connectivity index (χ2v) is 12.9. The summed E-state index contributed by atoms with van der Waals surface area (Å²) in [5.41, 5.74) is 4.99. The van der Waals surface area contributed by atoms with Crippen LogP contribution in [0, 0.1) is 0 Å². The Morgan fingerprint density at radius 3 is 1.89 bits per heavy atom. The molecule has 0 aliphatic carbocycles. The molecule has 200 valence electrons. The number of halogens is 2. The van der Waals surface area contributed by atoms with E-state index in [-0.39, 0.29) is 6.04 Å². The second kappa shape index (κ2) is 11.4. The van der Waals surface area contributed by atoms with Crippen LogP contribution in [0.5, 0.6) is 0 Å². The van der Waals surface area contributed by atoms with Gasteiger partial charge in [0.25, 0.3) is 0 Å². The fourth-order valence-electron chi connectivity index (χ4n) is 5.52. The molecular formula is C30H33Cl2N3O2S. The van der Waals surface area contributed by atoms with Crippen molar-refractivity contribution in [2.75, 3.05) is 57.0 Å². The first-order valence-electron chi connectivity index (χ1n) is 13.0. The Morgan fingerprint density at radius 2 is 1.39 bits per heavy atom. The zero-order valence-corrected chi connectivity index (χ0v) is 24.1. The van der Waals surface area contributed by atoms with Gasteiger partial charge in [0.05, 0.1) is 10.9 Å². The zero-order valence-electron chi connectivity index (χ0n) is 21.8. The molecular weight excluding hydrogens is 537 g/mol. The molecule has 2 fully saturated rings. The van der Waals surface area contributed by atoms with Crippen LogP contribution in [0.3, 0.4) is 0 Å². The minimum atomic E-state index is -3.44. The van der Waals surface area contributed by atoms with Gasteiger partial charge in [-0.05, 0) is 65.2 Å². The summed E-state index contributed by atoms with van der Waals surface area (Å²) in [4.78, 5) is 7.53. The SMILES string of the molecule is CCN1CCN(c2cccc(C(=C3CN(C(c4ccc(Cl)cc4)c4ccc(Cl)cc4)C3)S(C)(=O)=O)c2)CC1. The van der Waals surface area contributed by atoms with Gasteiger partial charge in [-0.25, -0.2) is 8.42 Å². The maximum absolute atomic E-state index is 13.1. The van der Waals surface area contributed by atoms with Crippen molar-refractivity contribution in [2.24, 2.45) is 0 Å². The first-order chi connectivity index (χ1) is 18.2. The van der Waals surface area contributed by atoms with Crippen LogP contribution in [-0.2, 0) is 9.84 Å². The van der Waals surface area contributed by atoms with E-state index in [0.29, 0.717) is 28.0 Å². The van der Waals surface area contributed by atoms with E-state index in [1.807, 2.05) is 66.7 Å². The molecule has 38 heavy (non-hydrogen) atoms. The van der Waals surface area contributed by atoms with Crippen molar-refractivity contribution in [1.82, 2.24) is 9.80 Å². The van der Waals surface area contributed by atoms with Gasteiger partial charge >= 0.3 is 0 Å². The monoisotopic (exact) mass is 569 g/mol. The van der Waals surface area contributed by atoms with Gasteiger partial charge in [0.15, 0.2) is 9.84 Å². The molecule has 2 saturated heterocycles. The number of hydrogen-bond acceptors (Lipinski definition) is 5. The predicted octanol–water partition coefficient (Wildman–Crippen LogP) is 6.00. The Hall–Kier alpha value is -2.35. The molecule has 0 atom stereocenters. The summed E-state index contributed by atoms with van der Waals surface area (Å²) >= 11 is 12.3. The molecule has 3 aromatic rings. The molecule has 5 nitrogen and oxygen atoms in total. The lowest BCUT2D eigenvalue weighted by molar-refractivity contribution is 0.203. The molecule has 0 radical (unpaired) electrons. The summed E-state index contributed by atoms with van der Waals surface area (Å²) < 4.78 is 26.2. The molecule has 0 spiro atoms. The van der Waals surface area contributed by atoms with E-state index in [4.69, 9.17) is 23.2 Å². The average Bonchev–Trinajstić information content (AvgIpc) is 2.88. The third kappa shape index (κ3) is 5.95. The van der Waals surface area contributed by atoms with E-state index in [1.165, 1.54) is 6.26 Å². The number of anilines is 1.